The van der Waals surface area contributed by atoms with E-state index >= 15 is 0 Å². The minimum Gasteiger partial charge on any atom is -0.493 e. The Balaban J connectivity index is 1.71. The zero-order valence-electron chi connectivity index (χ0n) is 17.5. The van der Waals surface area contributed by atoms with E-state index < -0.39 is 11.7 Å². The summed E-state index contributed by atoms with van der Waals surface area (Å²) in [4.78, 5) is 39.9. The van der Waals surface area contributed by atoms with Crippen molar-refractivity contribution in [3.8, 4) is 5.75 Å². The first-order valence-electron chi connectivity index (χ1n) is 9.95. The van der Waals surface area contributed by atoms with Crippen molar-refractivity contribution in [2.24, 2.45) is 0 Å². The number of ether oxygens (including phenoxy) is 2. The van der Waals surface area contributed by atoms with E-state index in [0.717, 1.165) is 5.75 Å². The zero-order valence-corrected chi connectivity index (χ0v) is 17.5. The van der Waals surface area contributed by atoms with Crippen molar-refractivity contribution in [1.29, 1.82) is 0 Å². The van der Waals surface area contributed by atoms with Crippen LogP contribution in [0, 0.1) is 0 Å². The van der Waals surface area contributed by atoms with Gasteiger partial charge in [0.1, 0.15) is 17.9 Å². The molecule has 29 heavy (non-hydrogen) atoms. The molecule has 2 rings (SSSR count). The van der Waals surface area contributed by atoms with Gasteiger partial charge in [-0.1, -0.05) is 18.2 Å². The standard InChI is InChI=1S/C21H31N3O5/c1-21(2,3)29-20(27)22-16-19(26)24-12-7-11-23(13-14-24)18(25)10-15-28-17-8-5-4-6-9-17/h4-6,8-9H,7,10-16H2,1-3H3,(H,22,27). The first-order valence-corrected chi connectivity index (χ1v) is 9.95. The predicted octanol–water partition coefficient (Wildman–Crippen LogP) is 2.04. The molecule has 1 heterocycles. The van der Waals surface area contributed by atoms with Crippen LogP contribution in [0.3, 0.4) is 0 Å². The highest BCUT2D eigenvalue weighted by molar-refractivity contribution is 5.82. The third-order valence-electron chi connectivity index (χ3n) is 4.31. The molecule has 1 fully saturated rings. The molecular weight excluding hydrogens is 374 g/mol. The van der Waals surface area contributed by atoms with Gasteiger partial charge in [-0.2, -0.15) is 0 Å². The molecule has 1 saturated heterocycles. The molecular formula is C21H31N3O5. The highest BCUT2D eigenvalue weighted by atomic mass is 16.6. The van der Waals surface area contributed by atoms with Crippen LogP contribution in [-0.4, -0.2) is 72.6 Å². The lowest BCUT2D eigenvalue weighted by molar-refractivity contribution is -0.133. The van der Waals surface area contributed by atoms with Crippen molar-refractivity contribution in [1.82, 2.24) is 15.1 Å². The number of alkyl carbamates (subject to hydrolysis) is 1. The minimum absolute atomic E-state index is 0.0158. The number of nitrogens with one attached hydrogen (secondary N) is 1. The van der Waals surface area contributed by atoms with Gasteiger partial charge in [-0.25, -0.2) is 4.79 Å². The second-order valence-corrected chi connectivity index (χ2v) is 7.88. The maximum Gasteiger partial charge on any atom is 0.408 e. The first kappa shape index (κ1) is 22.5. The number of para-hydroxylation sites is 1. The molecule has 8 nitrogen and oxygen atoms in total. The van der Waals surface area contributed by atoms with E-state index in [9.17, 15) is 14.4 Å². The first-order chi connectivity index (χ1) is 13.7. The fraction of sp³-hybridized carbons (Fsp3) is 0.571. The lowest BCUT2D eigenvalue weighted by Crippen LogP contribution is -2.43. The van der Waals surface area contributed by atoms with Crippen LogP contribution in [0.1, 0.15) is 33.6 Å². The highest BCUT2D eigenvalue weighted by Crippen LogP contribution is 2.10. The van der Waals surface area contributed by atoms with Crippen molar-refractivity contribution in [2.75, 3.05) is 39.3 Å². The van der Waals surface area contributed by atoms with Crippen LogP contribution in [0.25, 0.3) is 0 Å². The number of rotatable bonds is 6. The molecule has 1 N–H and O–H groups in total. The Morgan fingerprint density at radius 2 is 1.59 bits per heavy atom. The van der Waals surface area contributed by atoms with E-state index in [1.54, 1.807) is 30.6 Å². The maximum atomic E-state index is 12.4. The lowest BCUT2D eigenvalue weighted by Gasteiger charge is -2.23. The second-order valence-electron chi connectivity index (χ2n) is 7.88. The smallest absolute Gasteiger partial charge is 0.408 e. The maximum absolute atomic E-state index is 12.4. The Morgan fingerprint density at radius 1 is 0.966 bits per heavy atom. The number of nitrogens with zero attached hydrogens (tertiary/aromatic N) is 2. The van der Waals surface area contributed by atoms with Gasteiger partial charge in [0.15, 0.2) is 0 Å². The van der Waals surface area contributed by atoms with Gasteiger partial charge in [-0.15, -0.1) is 0 Å². The average Bonchev–Trinajstić information content (AvgIpc) is 2.92. The summed E-state index contributed by atoms with van der Waals surface area (Å²) in [5.41, 5.74) is -0.610. The summed E-state index contributed by atoms with van der Waals surface area (Å²) in [5, 5.41) is 2.48. The van der Waals surface area contributed by atoms with Crippen molar-refractivity contribution >= 4 is 17.9 Å². The summed E-state index contributed by atoms with van der Waals surface area (Å²) in [7, 11) is 0. The SMILES string of the molecule is CC(C)(C)OC(=O)NCC(=O)N1CCCN(C(=O)CCOc2ccccc2)CC1. The Hall–Kier alpha value is -2.77. The molecule has 160 valence electrons. The summed E-state index contributed by atoms with van der Waals surface area (Å²) in [6.45, 7) is 7.57. The van der Waals surface area contributed by atoms with Gasteiger partial charge in [-0.3, -0.25) is 9.59 Å². The van der Waals surface area contributed by atoms with Gasteiger partial charge < -0.3 is 24.6 Å². The molecule has 1 aromatic rings. The summed E-state index contributed by atoms with van der Waals surface area (Å²) < 4.78 is 10.7. The van der Waals surface area contributed by atoms with Crippen molar-refractivity contribution in [2.45, 2.75) is 39.2 Å². The summed E-state index contributed by atoms with van der Waals surface area (Å²) in [6.07, 6.45) is 0.378. The zero-order chi connectivity index (χ0) is 21.3. The van der Waals surface area contributed by atoms with Crippen LogP contribution < -0.4 is 10.1 Å². The number of carbonyl (C=O) groups excluding carboxylic acids is 3. The van der Waals surface area contributed by atoms with Crippen LogP contribution in [0.4, 0.5) is 4.79 Å². The molecule has 0 aromatic heterocycles. The van der Waals surface area contributed by atoms with Crippen molar-refractivity contribution in [3.63, 3.8) is 0 Å². The van der Waals surface area contributed by atoms with Gasteiger partial charge in [0, 0.05) is 26.2 Å². The number of carbonyl (C=O) groups is 3. The highest BCUT2D eigenvalue weighted by Gasteiger charge is 2.23. The normalized spacial score (nSPS) is 14.7. The number of amides is 3. The van der Waals surface area contributed by atoms with Crippen LogP contribution in [0.5, 0.6) is 5.75 Å². The molecule has 1 aliphatic rings. The largest absolute Gasteiger partial charge is 0.493 e. The fourth-order valence-corrected chi connectivity index (χ4v) is 2.92. The average molecular weight is 405 g/mol. The third-order valence-corrected chi connectivity index (χ3v) is 4.31. The number of hydrogen-bond acceptors (Lipinski definition) is 5. The Labute approximate surface area is 172 Å². The van der Waals surface area contributed by atoms with Gasteiger partial charge in [0.2, 0.25) is 11.8 Å². The molecule has 1 aromatic carbocycles. The summed E-state index contributed by atoms with van der Waals surface area (Å²) >= 11 is 0. The van der Waals surface area contributed by atoms with Crippen LogP contribution >= 0.6 is 0 Å². The molecule has 1 aliphatic heterocycles. The van der Waals surface area contributed by atoms with E-state index in [1.165, 1.54) is 0 Å². The van der Waals surface area contributed by atoms with Gasteiger partial charge in [-0.05, 0) is 39.3 Å². The van der Waals surface area contributed by atoms with Gasteiger partial charge in [0.25, 0.3) is 0 Å². The molecule has 0 saturated carbocycles. The quantitative estimate of drug-likeness (QED) is 0.783. The van der Waals surface area contributed by atoms with Crippen molar-refractivity contribution in [3.05, 3.63) is 30.3 Å². The molecule has 0 spiro atoms. The van der Waals surface area contributed by atoms with E-state index in [4.69, 9.17) is 9.47 Å². The molecule has 3 amide bonds. The number of benzene rings is 1. The van der Waals surface area contributed by atoms with E-state index in [2.05, 4.69) is 5.32 Å². The van der Waals surface area contributed by atoms with Crippen LogP contribution in [0.15, 0.2) is 30.3 Å². The third kappa shape index (κ3) is 8.41. The van der Waals surface area contributed by atoms with E-state index in [1.807, 2.05) is 30.3 Å². The summed E-state index contributed by atoms with van der Waals surface area (Å²) in [6, 6.07) is 9.38. The van der Waals surface area contributed by atoms with Gasteiger partial charge in [0.05, 0.1) is 13.0 Å². The Kier molecular flexibility index (Phi) is 8.30. The van der Waals surface area contributed by atoms with Crippen molar-refractivity contribution < 1.29 is 23.9 Å². The van der Waals surface area contributed by atoms with Gasteiger partial charge >= 0.3 is 6.09 Å². The Morgan fingerprint density at radius 3 is 2.21 bits per heavy atom. The Bertz CT molecular complexity index is 687. The minimum atomic E-state index is -0.615. The molecule has 0 unspecified atom stereocenters. The summed E-state index contributed by atoms with van der Waals surface area (Å²) in [5.74, 6) is 0.574. The van der Waals surface area contributed by atoms with Crippen LogP contribution in [-0.2, 0) is 14.3 Å². The monoisotopic (exact) mass is 405 g/mol. The predicted molar refractivity (Wildman–Crippen MR) is 109 cm³/mol. The van der Waals surface area contributed by atoms with E-state index in [0.29, 0.717) is 45.6 Å². The molecule has 0 atom stereocenters. The van der Waals surface area contributed by atoms with Crippen LogP contribution in [0.2, 0.25) is 0 Å². The molecule has 0 bridgehead atoms. The molecule has 0 radical (unpaired) electrons. The van der Waals surface area contributed by atoms with E-state index in [-0.39, 0.29) is 18.4 Å². The fourth-order valence-electron chi connectivity index (χ4n) is 2.92. The molecule has 0 aliphatic carbocycles. The number of hydrogen-bond donors (Lipinski definition) is 1. The second kappa shape index (κ2) is 10.7. The topological polar surface area (TPSA) is 88.2 Å². The lowest BCUT2D eigenvalue weighted by atomic mass is 10.2. The molecule has 8 heteroatoms.